The summed E-state index contributed by atoms with van der Waals surface area (Å²) in [6.07, 6.45) is 0.853. The number of anilines is 2. The molecule has 1 aliphatic rings. The van der Waals surface area contributed by atoms with E-state index in [1.165, 1.54) is 11.3 Å². The Morgan fingerprint density at radius 3 is 2.38 bits per heavy atom. The summed E-state index contributed by atoms with van der Waals surface area (Å²) >= 11 is 7.10. The zero-order valence-electron chi connectivity index (χ0n) is 20.0. The molecule has 0 atom stereocenters. The van der Waals surface area contributed by atoms with E-state index in [9.17, 15) is 14.4 Å². The van der Waals surface area contributed by atoms with Crippen molar-refractivity contribution in [3.8, 4) is 0 Å². The molecular weight excluding hydrogens is 478 g/mol. The van der Waals surface area contributed by atoms with Gasteiger partial charge in [-0.05, 0) is 64.8 Å². The molecule has 2 aromatic rings. The number of halogens is 1. The van der Waals surface area contributed by atoms with Crippen LogP contribution in [0, 0.1) is 0 Å². The largest absolute Gasteiger partial charge is 0.444 e. The van der Waals surface area contributed by atoms with Crippen LogP contribution in [0.3, 0.4) is 0 Å². The maximum Gasteiger partial charge on any atom is 0.410 e. The third-order valence-corrected chi connectivity index (χ3v) is 6.18. The highest BCUT2D eigenvalue weighted by molar-refractivity contribution is 7.20. The Kier molecular flexibility index (Phi) is 7.72. The van der Waals surface area contributed by atoms with Gasteiger partial charge in [0.15, 0.2) is 0 Å². The molecule has 3 heterocycles. The minimum Gasteiger partial charge on any atom is -0.444 e. The summed E-state index contributed by atoms with van der Waals surface area (Å²) < 4.78 is 6.03. The van der Waals surface area contributed by atoms with Crippen molar-refractivity contribution in [2.24, 2.45) is 0 Å². The molecule has 0 saturated carbocycles. The number of ether oxygens (including phenoxy) is 1. The fraction of sp³-hybridized carbons (Fsp3) is 0.478. The number of aromatic nitrogens is 1. The Morgan fingerprint density at radius 2 is 1.74 bits per heavy atom. The van der Waals surface area contributed by atoms with Gasteiger partial charge < -0.3 is 20.3 Å². The van der Waals surface area contributed by atoms with Gasteiger partial charge in [-0.2, -0.15) is 0 Å². The number of nitrogens with one attached hydrogen (secondary N) is 3. The lowest BCUT2D eigenvalue weighted by atomic mass is 10.0. The van der Waals surface area contributed by atoms with Gasteiger partial charge >= 0.3 is 12.1 Å². The van der Waals surface area contributed by atoms with E-state index in [2.05, 4.69) is 20.9 Å². The molecule has 0 saturated heterocycles. The van der Waals surface area contributed by atoms with Crippen molar-refractivity contribution in [3.05, 3.63) is 39.9 Å². The van der Waals surface area contributed by atoms with Crippen LogP contribution in [0.5, 0.6) is 0 Å². The van der Waals surface area contributed by atoms with E-state index in [4.69, 9.17) is 16.3 Å². The summed E-state index contributed by atoms with van der Waals surface area (Å²) in [4.78, 5) is 43.9. The fourth-order valence-electron chi connectivity index (χ4n) is 3.30. The van der Waals surface area contributed by atoms with Gasteiger partial charge in [0, 0.05) is 25.2 Å². The quantitative estimate of drug-likeness (QED) is 0.556. The molecule has 11 heteroatoms. The summed E-state index contributed by atoms with van der Waals surface area (Å²) in [5.41, 5.74) is 0.0885. The second-order valence-corrected chi connectivity index (χ2v) is 11.2. The number of carbonyl (C=O) groups is 3. The van der Waals surface area contributed by atoms with E-state index in [0.29, 0.717) is 41.1 Å². The number of hydrogen-bond donors (Lipinski definition) is 3. The number of rotatable bonds is 4. The van der Waals surface area contributed by atoms with Gasteiger partial charge in [0.05, 0.1) is 9.34 Å². The molecule has 0 radical (unpaired) electrons. The highest BCUT2D eigenvalue weighted by Crippen LogP contribution is 2.26. The molecule has 0 fully saturated rings. The van der Waals surface area contributed by atoms with Crippen molar-refractivity contribution in [1.29, 1.82) is 0 Å². The lowest BCUT2D eigenvalue weighted by Gasteiger charge is -2.26. The van der Waals surface area contributed by atoms with Crippen molar-refractivity contribution >= 4 is 51.8 Å². The molecule has 0 aromatic carbocycles. The Balaban J connectivity index is 1.60. The molecule has 34 heavy (non-hydrogen) atoms. The van der Waals surface area contributed by atoms with E-state index < -0.39 is 23.1 Å². The average Bonchev–Trinajstić information content (AvgIpc) is 2.99. The zero-order valence-corrected chi connectivity index (χ0v) is 21.5. The third kappa shape index (κ3) is 7.07. The van der Waals surface area contributed by atoms with Crippen LogP contribution in [0.25, 0.3) is 0 Å². The Bertz CT molecular complexity index is 1080. The van der Waals surface area contributed by atoms with Gasteiger partial charge in [-0.15, -0.1) is 11.3 Å². The minimum atomic E-state index is -1.20. The van der Waals surface area contributed by atoms with Gasteiger partial charge in [0.1, 0.15) is 17.0 Å². The standard InChI is InChI=1S/C23H30ClN5O4S/c1-22(2,3)33-21(32)29-12-10-14-6-8-17(25-15(14)11-13-29)26-19(30)23(4,5)28-20(31)27-18-9-7-16(24)34-18/h6-9H,10-13H2,1-5H3,(H,25,26,30)(H2,27,28,31). The molecule has 3 N–H and O–H groups in total. The number of hydrogen-bond acceptors (Lipinski definition) is 6. The molecule has 3 rings (SSSR count). The maximum absolute atomic E-state index is 12.9. The van der Waals surface area contributed by atoms with Crippen molar-refractivity contribution in [1.82, 2.24) is 15.2 Å². The van der Waals surface area contributed by atoms with E-state index in [0.717, 1.165) is 11.3 Å². The zero-order chi connectivity index (χ0) is 25.1. The summed E-state index contributed by atoms with van der Waals surface area (Å²) in [7, 11) is 0. The van der Waals surface area contributed by atoms with Crippen LogP contribution in [0.2, 0.25) is 4.34 Å². The van der Waals surface area contributed by atoms with Crippen LogP contribution in [0.1, 0.15) is 45.9 Å². The fourth-order valence-corrected chi connectivity index (χ4v) is 4.24. The molecule has 9 nitrogen and oxygen atoms in total. The number of fused-ring (bicyclic) bond motifs is 1. The number of nitrogens with zero attached hydrogens (tertiary/aromatic N) is 2. The minimum absolute atomic E-state index is 0.343. The maximum atomic E-state index is 12.9. The lowest BCUT2D eigenvalue weighted by molar-refractivity contribution is -0.120. The second-order valence-electron chi connectivity index (χ2n) is 9.53. The van der Waals surface area contributed by atoms with Gasteiger partial charge in [0.2, 0.25) is 0 Å². The van der Waals surface area contributed by atoms with Crippen molar-refractivity contribution in [3.63, 3.8) is 0 Å². The Hall–Kier alpha value is -2.85. The van der Waals surface area contributed by atoms with Gasteiger partial charge in [-0.1, -0.05) is 17.7 Å². The summed E-state index contributed by atoms with van der Waals surface area (Å²) in [5.74, 6) is -0.0295. The molecule has 0 spiro atoms. The van der Waals surface area contributed by atoms with E-state index >= 15 is 0 Å². The SMILES string of the molecule is CC(C)(C)OC(=O)N1CCc2ccc(NC(=O)C(C)(C)NC(=O)Nc3ccc(Cl)s3)nc2CC1. The Labute approximate surface area is 208 Å². The van der Waals surface area contributed by atoms with Gasteiger partial charge in [-0.25, -0.2) is 14.6 Å². The second kappa shape index (κ2) is 10.2. The first kappa shape index (κ1) is 25.8. The number of carbonyl (C=O) groups excluding carboxylic acids is 3. The van der Waals surface area contributed by atoms with Crippen LogP contribution < -0.4 is 16.0 Å². The highest BCUT2D eigenvalue weighted by atomic mass is 35.5. The van der Waals surface area contributed by atoms with Crippen LogP contribution in [0.15, 0.2) is 24.3 Å². The first-order valence-corrected chi connectivity index (χ1v) is 12.1. The first-order chi connectivity index (χ1) is 15.8. The van der Waals surface area contributed by atoms with Crippen LogP contribution >= 0.6 is 22.9 Å². The Morgan fingerprint density at radius 1 is 1.03 bits per heavy atom. The molecule has 0 aliphatic carbocycles. The number of thiophene rings is 1. The van der Waals surface area contributed by atoms with Crippen LogP contribution in [0.4, 0.5) is 20.4 Å². The van der Waals surface area contributed by atoms with Crippen molar-refractivity contribution < 1.29 is 19.1 Å². The predicted molar refractivity (Wildman–Crippen MR) is 134 cm³/mol. The highest BCUT2D eigenvalue weighted by Gasteiger charge is 2.30. The van der Waals surface area contributed by atoms with E-state index in [1.54, 1.807) is 36.9 Å². The van der Waals surface area contributed by atoms with Gasteiger partial charge in [-0.3, -0.25) is 10.1 Å². The van der Waals surface area contributed by atoms with Crippen LogP contribution in [-0.2, 0) is 22.4 Å². The van der Waals surface area contributed by atoms with E-state index in [1.807, 2.05) is 26.8 Å². The van der Waals surface area contributed by atoms with Gasteiger partial charge in [0.25, 0.3) is 5.91 Å². The predicted octanol–water partition coefficient (Wildman–Crippen LogP) is 4.67. The summed E-state index contributed by atoms with van der Waals surface area (Å²) in [6, 6.07) is 6.48. The van der Waals surface area contributed by atoms with Crippen LogP contribution in [-0.4, -0.2) is 52.1 Å². The molecule has 4 amide bonds. The molecule has 0 bridgehead atoms. The third-order valence-electron chi connectivity index (χ3n) is 5.03. The number of urea groups is 1. The average molecular weight is 508 g/mol. The first-order valence-electron chi connectivity index (χ1n) is 10.9. The topological polar surface area (TPSA) is 113 Å². The molecule has 184 valence electrons. The van der Waals surface area contributed by atoms with Crippen molar-refractivity contribution in [2.75, 3.05) is 23.7 Å². The smallest absolute Gasteiger partial charge is 0.410 e. The summed E-state index contributed by atoms with van der Waals surface area (Å²) in [6.45, 7) is 9.74. The number of pyridine rings is 1. The molecule has 1 aliphatic heterocycles. The van der Waals surface area contributed by atoms with Crippen molar-refractivity contribution in [2.45, 2.75) is 58.6 Å². The van der Waals surface area contributed by atoms with E-state index in [-0.39, 0.29) is 6.09 Å². The lowest BCUT2D eigenvalue weighted by Crippen LogP contribution is -2.53. The normalized spacial score (nSPS) is 14.0. The number of amides is 4. The molecule has 2 aromatic heterocycles. The summed E-state index contributed by atoms with van der Waals surface area (Å²) in [5, 5.41) is 8.67. The molecule has 0 unspecified atom stereocenters. The monoisotopic (exact) mass is 507 g/mol. The molecular formula is C23H30ClN5O4S.